The molecule has 0 spiro atoms. The van der Waals surface area contributed by atoms with Crippen molar-refractivity contribution in [2.75, 3.05) is 31.5 Å². The van der Waals surface area contributed by atoms with Gasteiger partial charge in [0, 0.05) is 25.7 Å². The molecule has 1 N–H and O–H groups in total. The van der Waals surface area contributed by atoms with Crippen molar-refractivity contribution in [3.63, 3.8) is 0 Å². The van der Waals surface area contributed by atoms with Gasteiger partial charge in [-0.25, -0.2) is 4.98 Å². The second-order valence-electron chi connectivity index (χ2n) is 7.35. The van der Waals surface area contributed by atoms with Gasteiger partial charge in [-0.2, -0.15) is 0 Å². The minimum absolute atomic E-state index is 0.0191. The molecule has 7 nitrogen and oxygen atoms in total. The van der Waals surface area contributed by atoms with Gasteiger partial charge in [0.2, 0.25) is 5.91 Å². The summed E-state index contributed by atoms with van der Waals surface area (Å²) in [6.07, 6.45) is 6.38. The predicted molar refractivity (Wildman–Crippen MR) is 112 cm³/mol. The maximum absolute atomic E-state index is 12.7. The third-order valence-electron chi connectivity index (χ3n) is 5.50. The van der Waals surface area contributed by atoms with Gasteiger partial charge in [-0.3, -0.25) is 14.5 Å². The normalized spacial score (nSPS) is 19.1. The number of imidazole rings is 1. The maximum Gasteiger partial charge on any atom is 0.273 e. The largest absolute Gasteiger partial charge is 0.327 e. The van der Waals surface area contributed by atoms with Gasteiger partial charge in [0.1, 0.15) is 11.5 Å². The average Bonchev–Trinajstić information content (AvgIpc) is 3.11. The summed E-state index contributed by atoms with van der Waals surface area (Å²) in [4.78, 5) is 33.9. The average molecular weight is 414 g/mol. The van der Waals surface area contributed by atoms with E-state index in [0.29, 0.717) is 35.3 Å². The summed E-state index contributed by atoms with van der Waals surface area (Å²) in [6.45, 7) is 6.02. The molecular formula is C21H24ClN5O2. The lowest BCUT2D eigenvalue weighted by molar-refractivity contribution is -0.129. The maximum atomic E-state index is 12.7. The Labute approximate surface area is 175 Å². The molecule has 2 amide bonds. The van der Waals surface area contributed by atoms with Crippen molar-refractivity contribution in [3.8, 4) is 0 Å². The van der Waals surface area contributed by atoms with Gasteiger partial charge < -0.3 is 14.8 Å². The van der Waals surface area contributed by atoms with E-state index in [1.54, 1.807) is 29.3 Å². The SMILES string of the molecule is CC1c2ncc(C(=O)Nc3ccccc3Cl)n2CCN1C(=O)/C=C/CN1CCC1. The number of amides is 2. The molecule has 4 rings (SSSR count). The van der Waals surface area contributed by atoms with Crippen molar-refractivity contribution in [1.29, 1.82) is 0 Å². The van der Waals surface area contributed by atoms with Gasteiger partial charge in [0.25, 0.3) is 5.91 Å². The van der Waals surface area contributed by atoms with E-state index in [2.05, 4.69) is 15.2 Å². The molecular weight excluding hydrogens is 390 g/mol. The van der Waals surface area contributed by atoms with Crippen LogP contribution < -0.4 is 5.32 Å². The molecule has 2 aromatic rings. The number of hydrogen-bond donors (Lipinski definition) is 1. The van der Waals surface area contributed by atoms with Crippen molar-refractivity contribution in [1.82, 2.24) is 19.4 Å². The highest BCUT2D eigenvalue weighted by atomic mass is 35.5. The molecule has 152 valence electrons. The number of anilines is 1. The van der Waals surface area contributed by atoms with E-state index >= 15 is 0 Å². The van der Waals surface area contributed by atoms with Crippen LogP contribution >= 0.6 is 11.6 Å². The van der Waals surface area contributed by atoms with Crippen LogP contribution in [0.2, 0.25) is 5.02 Å². The van der Waals surface area contributed by atoms with Gasteiger partial charge >= 0.3 is 0 Å². The van der Waals surface area contributed by atoms with Crippen molar-refractivity contribution in [3.05, 3.63) is 59.2 Å². The third-order valence-corrected chi connectivity index (χ3v) is 5.83. The smallest absolute Gasteiger partial charge is 0.273 e. The first-order valence-corrected chi connectivity index (χ1v) is 10.2. The number of fused-ring (bicyclic) bond motifs is 1. The molecule has 0 radical (unpaired) electrons. The Morgan fingerprint density at radius 1 is 1.24 bits per heavy atom. The minimum atomic E-state index is -0.265. The minimum Gasteiger partial charge on any atom is -0.327 e. The molecule has 1 atom stereocenters. The Morgan fingerprint density at radius 3 is 2.76 bits per heavy atom. The zero-order valence-electron chi connectivity index (χ0n) is 16.3. The fraction of sp³-hybridized carbons (Fsp3) is 0.381. The topological polar surface area (TPSA) is 70.5 Å². The number of rotatable bonds is 5. The second kappa shape index (κ2) is 8.39. The van der Waals surface area contributed by atoms with Crippen LogP contribution in [0.15, 0.2) is 42.6 Å². The number of nitrogens with zero attached hydrogens (tertiary/aromatic N) is 4. The molecule has 2 aliphatic heterocycles. The van der Waals surface area contributed by atoms with E-state index in [1.807, 2.05) is 29.7 Å². The molecule has 1 saturated heterocycles. The van der Waals surface area contributed by atoms with Gasteiger partial charge in [0.15, 0.2) is 0 Å². The van der Waals surface area contributed by atoms with Crippen LogP contribution in [-0.2, 0) is 11.3 Å². The number of halogens is 1. The number of carbonyl (C=O) groups excluding carboxylic acids is 2. The summed E-state index contributed by atoms with van der Waals surface area (Å²) in [5, 5.41) is 3.31. The first-order chi connectivity index (χ1) is 14.0. The molecule has 0 saturated carbocycles. The fourth-order valence-corrected chi connectivity index (χ4v) is 3.88. The summed E-state index contributed by atoms with van der Waals surface area (Å²) >= 11 is 6.13. The lowest BCUT2D eigenvalue weighted by atomic mass is 10.2. The molecule has 1 aromatic carbocycles. The van der Waals surface area contributed by atoms with Crippen LogP contribution in [0.3, 0.4) is 0 Å². The van der Waals surface area contributed by atoms with E-state index in [-0.39, 0.29) is 17.9 Å². The second-order valence-corrected chi connectivity index (χ2v) is 7.76. The van der Waals surface area contributed by atoms with Gasteiger partial charge in [-0.1, -0.05) is 29.8 Å². The zero-order valence-corrected chi connectivity index (χ0v) is 17.1. The Hall–Kier alpha value is -2.64. The van der Waals surface area contributed by atoms with Gasteiger partial charge in [-0.15, -0.1) is 0 Å². The molecule has 8 heteroatoms. The lowest BCUT2D eigenvalue weighted by Crippen LogP contribution is -2.41. The van der Waals surface area contributed by atoms with Crippen LogP contribution in [0, 0.1) is 0 Å². The Kier molecular flexibility index (Phi) is 5.69. The first-order valence-electron chi connectivity index (χ1n) is 9.85. The van der Waals surface area contributed by atoms with E-state index in [0.717, 1.165) is 19.6 Å². The van der Waals surface area contributed by atoms with E-state index in [4.69, 9.17) is 11.6 Å². The third kappa shape index (κ3) is 4.06. The number of aromatic nitrogens is 2. The standard InChI is InChI=1S/C21H24ClN5O2/c1-15-20-23-14-18(21(29)24-17-7-3-2-6-16(17)22)27(20)13-12-26(15)19(28)8-4-9-25-10-5-11-25/h2-4,6-8,14-15H,5,9-13H2,1H3,(H,24,29)/b8-4+. The molecule has 2 aliphatic rings. The first kappa shape index (κ1) is 19.7. The molecule has 29 heavy (non-hydrogen) atoms. The highest BCUT2D eigenvalue weighted by molar-refractivity contribution is 6.33. The molecule has 1 fully saturated rings. The Balaban J connectivity index is 1.44. The Bertz CT molecular complexity index is 950. The molecule has 0 bridgehead atoms. The van der Waals surface area contributed by atoms with Crippen LogP contribution in [0.1, 0.15) is 35.7 Å². The van der Waals surface area contributed by atoms with Crippen LogP contribution in [0.4, 0.5) is 5.69 Å². The monoisotopic (exact) mass is 413 g/mol. The number of carbonyl (C=O) groups is 2. The van der Waals surface area contributed by atoms with Gasteiger partial charge in [0.05, 0.1) is 22.9 Å². The summed E-state index contributed by atoms with van der Waals surface area (Å²) < 4.78 is 1.88. The Morgan fingerprint density at radius 2 is 2.03 bits per heavy atom. The zero-order chi connectivity index (χ0) is 20.4. The molecule has 3 heterocycles. The van der Waals surface area contributed by atoms with Crippen molar-refractivity contribution in [2.24, 2.45) is 0 Å². The van der Waals surface area contributed by atoms with Crippen LogP contribution in [0.25, 0.3) is 0 Å². The van der Waals surface area contributed by atoms with Crippen LogP contribution in [0.5, 0.6) is 0 Å². The van der Waals surface area contributed by atoms with Gasteiger partial charge in [-0.05, 0) is 38.6 Å². The van der Waals surface area contributed by atoms with Crippen molar-refractivity contribution in [2.45, 2.75) is 25.9 Å². The predicted octanol–water partition coefficient (Wildman–Crippen LogP) is 2.95. The quantitative estimate of drug-likeness (QED) is 0.765. The number of hydrogen-bond acceptors (Lipinski definition) is 4. The molecule has 1 aromatic heterocycles. The van der Waals surface area contributed by atoms with E-state index < -0.39 is 0 Å². The number of para-hydroxylation sites is 1. The lowest BCUT2D eigenvalue weighted by Gasteiger charge is -2.34. The summed E-state index contributed by atoms with van der Waals surface area (Å²) in [5.41, 5.74) is 1.02. The molecule has 1 unspecified atom stereocenters. The number of nitrogens with one attached hydrogen (secondary N) is 1. The number of benzene rings is 1. The van der Waals surface area contributed by atoms with Crippen LogP contribution in [-0.4, -0.2) is 57.3 Å². The molecule has 0 aliphatic carbocycles. The van der Waals surface area contributed by atoms with Crippen molar-refractivity contribution < 1.29 is 9.59 Å². The number of likely N-dealkylation sites (tertiary alicyclic amines) is 1. The summed E-state index contributed by atoms with van der Waals surface area (Å²) in [6, 6.07) is 6.90. The highest BCUT2D eigenvalue weighted by Crippen LogP contribution is 2.27. The van der Waals surface area contributed by atoms with Crippen molar-refractivity contribution >= 4 is 29.1 Å². The van der Waals surface area contributed by atoms with E-state index in [9.17, 15) is 9.59 Å². The summed E-state index contributed by atoms with van der Waals surface area (Å²) in [5.74, 6) is 0.428. The summed E-state index contributed by atoms with van der Waals surface area (Å²) in [7, 11) is 0. The van der Waals surface area contributed by atoms with E-state index in [1.165, 1.54) is 6.42 Å². The highest BCUT2D eigenvalue weighted by Gasteiger charge is 2.31. The fourth-order valence-electron chi connectivity index (χ4n) is 3.69.